The molecule has 0 saturated carbocycles. The van der Waals surface area contributed by atoms with Gasteiger partial charge in [0.1, 0.15) is 25.0 Å². The first-order chi connectivity index (χ1) is 32.0. The molecule has 1 aromatic rings. The van der Waals surface area contributed by atoms with E-state index in [0.717, 1.165) is 58.5 Å². The first kappa shape index (κ1) is 58.4. The maximum absolute atomic E-state index is 13.6. The molecule has 1 aliphatic heterocycles. The quantitative estimate of drug-likeness (QED) is 0.0587. The lowest BCUT2D eigenvalue weighted by atomic mass is 10.0. The summed E-state index contributed by atoms with van der Waals surface area (Å²) >= 11 is 0. The van der Waals surface area contributed by atoms with Crippen molar-refractivity contribution >= 4 is 41.5 Å². The molecule has 5 amide bonds. The molecule has 0 unspecified atom stereocenters. The number of ketones is 1. The van der Waals surface area contributed by atoms with Crippen LogP contribution < -0.4 is 21.3 Å². The summed E-state index contributed by atoms with van der Waals surface area (Å²) in [6.45, 7) is 10.4. The summed E-state index contributed by atoms with van der Waals surface area (Å²) in [7, 11) is 6.30. The largest absolute Gasteiger partial charge is 0.481 e. The minimum absolute atomic E-state index is 0.0155. The van der Waals surface area contributed by atoms with Gasteiger partial charge in [0.15, 0.2) is 0 Å². The van der Waals surface area contributed by atoms with E-state index in [1.54, 1.807) is 6.92 Å². The summed E-state index contributed by atoms with van der Waals surface area (Å²) < 4.78 is 5.55. The smallest absolute Gasteiger partial charge is 0.323 e. The van der Waals surface area contributed by atoms with Crippen LogP contribution in [0, 0.1) is 6.92 Å². The molecule has 1 aliphatic rings. The number of carbonyl (C=O) groups is 7. The zero-order chi connectivity index (χ0) is 49.4. The molecule has 1 heterocycles. The Morgan fingerprint density at radius 1 is 0.687 bits per heavy atom. The van der Waals surface area contributed by atoms with E-state index >= 15 is 0 Å². The zero-order valence-corrected chi connectivity index (χ0v) is 41.2. The van der Waals surface area contributed by atoms with Crippen LogP contribution in [0.4, 0.5) is 4.79 Å². The Hall–Kier alpha value is -4.69. The molecule has 2 atom stereocenters. The van der Waals surface area contributed by atoms with Crippen molar-refractivity contribution in [1.29, 1.82) is 0 Å². The number of benzene rings is 1. The van der Waals surface area contributed by atoms with Gasteiger partial charge in [0.05, 0.1) is 13.2 Å². The second-order valence-electron chi connectivity index (χ2n) is 18.1. The third-order valence-corrected chi connectivity index (χ3v) is 11.8. The van der Waals surface area contributed by atoms with Crippen molar-refractivity contribution in [3.63, 3.8) is 0 Å². The van der Waals surface area contributed by atoms with Crippen LogP contribution in [0.5, 0.6) is 0 Å². The van der Waals surface area contributed by atoms with Crippen molar-refractivity contribution in [2.24, 2.45) is 0 Å². The van der Waals surface area contributed by atoms with E-state index in [-0.39, 0.29) is 62.9 Å². The van der Waals surface area contributed by atoms with Crippen LogP contribution in [0.2, 0.25) is 0 Å². The number of aliphatic carboxylic acids is 2. The van der Waals surface area contributed by atoms with Crippen molar-refractivity contribution in [2.75, 3.05) is 119 Å². The molecule has 1 aromatic carbocycles. The fraction of sp³-hybridized carbons (Fsp3) is 0.729. The molecular formula is C48H83N9O10. The van der Waals surface area contributed by atoms with Crippen molar-refractivity contribution < 1.29 is 48.5 Å². The van der Waals surface area contributed by atoms with Gasteiger partial charge in [0, 0.05) is 97.3 Å². The Morgan fingerprint density at radius 3 is 1.93 bits per heavy atom. The number of urea groups is 1. The first-order valence-electron chi connectivity index (χ1n) is 24.3. The predicted octanol–water partition coefficient (Wildman–Crippen LogP) is 2.20. The number of carbonyl (C=O) groups excluding carboxylic acids is 5. The second kappa shape index (κ2) is 34.6. The van der Waals surface area contributed by atoms with Crippen LogP contribution >= 0.6 is 0 Å². The fourth-order valence-corrected chi connectivity index (χ4v) is 7.41. The van der Waals surface area contributed by atoms with Gasteiger partial charge < -0.3 is 55.8 Å². The molecule has 0 radical (unpaired) electrons. The predicted molar refractivity (Wildman–Crippen MR) is 258 cm³/mol. The number of rotatable bonds is 31. The Balaban J connectivity index is 1.87. The topological polar surface area (TPSA) is 233 Å². The van der Waals surface area contributed by atoms with Gasteiger partial charge >= 0.3 is 18.0 Å². The van der Waals surface area contributed by atoms with E-state index in [9.17, 15) is 38.7 Å². The fourth-order valence-electron chi connectivity index (χ4n) is 7.41. The third kappa shape index (κ3) is 29.6. The number of ether oxygens (including phenoxy) is 1. The van der Waals surface area contributed by atoms with Gasteiger partial charge in [0.25, 0.3) is 0 Å². The highest BCUT2D eigenvalue weighted by Gasteiger charge is 2.23. The van der Waals surface area contributed by atoms with Crippen molar-refractivity contribution in [3.05, 3.63) is 35.4 Å². The lowest BCUT2D eigenvalue weighted by molar-refractivity contribution is -0.146. The third-order valence-electron chi connectivity index (χ3n) is 11.8. The maximum Gasteiger partial charge on any atom is 0.323 e. The average Bonchev–Trinajstić information content (AvgIpc) is 3.27. The van der Waals surface area contributed by atoms with Gasteiger partial charge in [0.2, 0.25) is 17.7 Å². The van der Waals surface area contributed by atoms with Gasteiger partial charge in [-0.15, -0.1) is 0 Å². The first-order valence-corrected chi connectivity index (χ1v) is 24.3. The summed E-state index contributed by atoms with van der Waals surface area (Å²) in [5.41, 5.74) is 2.43. The van der Waals surface area contributed by atoms with E-state index < -0.39 is 36.5 Å². The highest BCUT2D eigenvalue weighted by Crippen LogP contribution is 2.12. The number of carboxylic acids is 2. The Labute approximate surface area is 399 Å². The van der Waals surface area contributed by atoms with Gasteiger partial charge in [-0.2, -0.15) is 0 Å². The molecule has 380 valence electrons. The molecule has 67 heavy (non-hydrogen) atoms. The lowest BCUT2D eigenvalue weighted by Crippen LogP contribution is -2.51. The summed E-state index contributed by atoms with van der Waals surface area (Å²) in [4.78, 5) is 97.2. The van der Waals surface area contributed by atoms with Gasteiger partial charge in [-0.1, -0.05) is 42.7 Å². The van der Waals surface area contributed by atoms with Gasteiger partial charge in [-0.05, 0) is 91.9 Å². The van der Waals surface area contributed by atoms with E-state index in [2.05, 4.69) is 93.2 Å². The average molecular weight is 946 g/mol. The van der Waals surface area contributed by atoms with E-state index in [0.29, 0.717) is 77.4 Å². The van der Waals surface area contributed by atoms with Crippen LogP contribution in [0.15, 0.2) is 24.3 Å². The number of amides is 5. The number of unbranched alkanes of at least 4 members (excludes halogenated alkanes) is 4. The Morgan fingerprint density at radius 2 is 1.30 bits per heavy atom. The number of aryl methyl sites for hydroxylation is 2. The minimum atomic E-state index is -1.17. The number of carboxylic acid groups (broad SMARTS) is 2. The summed E-state index contributed by atoms with van der Waals surface area (Å²) in [5.74, 6) is -3.01. The number of nitrogens with zero attached hydrogens (tertiary/aromatic N) is 5. The number of hydrogen-bond acceptors (Lipinski definition) is 12. The molecule has 19 heteroatoms. The summed E-state index contributed by atoms with van der Waals surface area (Å²) in [6, 6.07) is 6.85. The molecule has 0 aliphatic carbocycles. The molecular weight excluding hydrogens is 863 g/mol. The van der Waals surface area contributed by atoms with Gasteiger partial charge in [-0.25, -0.2) is 4.79 Å². The molecule has 0 aromatic heterocycles. The Kier molecular flexibility index (Phi) is 30.2. The van der Waals surface area contributed by atoms with E-state index in [1.165, 1.54) is 16.0 Å². The molecule has 0 spiro atoms. The maximum atomic E-state index is 13.6. The standard InChI is InChI=1S/C48H83N9O10/c1-38-17-20-40(21-18-38)13-12-15-41(58)14-8-6-9-16-42(52-43(59)35-56-32-30-54(4)28-26-53(3)27-29-55(5)31-33-56)47(65)49-24-34-67-37-44(60)57(36-46(63)64)25-11-7-10-23-50-48(66)51-39(2)19-22-45(61)62/h17-18,20-21,39,42H,6-16,19,22-37H2,1-5H3,(H,49,65)(H,52,59)(H,61,62)(H,63,64)(H2,50,51,66)/t39-,42+/m1/s1. The number of Topliss-reactive ketones (excluding diaryl/α,β-unsaturated/α-hetero) is 1. The number of hydrogen-bond donors (Lipinski definition) is 6. The Bertz CT molecular complexity index is 1620. The van der Waals surface area contributed by atoms with Crippen LogP contribution in [-0.2, 0) is 39.9 Å². The SMILES string of the molecule is Cc1ccc(CCCC(=O)CCCCC[C@H](NC(=O)CN2CCN(C)CCN(C)CCN(C)CC2)C(=O)NCCOCC(=O)N(CCCCCNC(=O)N[C@H](C)CCC(=O)O)CC(=O)O)cc1. The minimum Gasteiger partial charge on any atom is -0.481 e. The van der Waals surface area contributed by atoms with Crippen molar-refractivity contribution in [3.8, 4) is 0 Å². The lowest BCUT2D eigenvalue weighted by Gasteiger charge is -2.30. The number of likely N-dealkylation sites (N-methyl/N-ethyl adjacent to an activating group) is 3. The van der Waals surface area contributed by atoms with Crippen LogP contribution in [0.25, 0.3) is 0 Å². The molecule has 19 nitrogen and oxygen atoms in total. The molecule has 6 N–H and O–H groups in total. The van der Waals surface area contributed by atoms with Crippen molar-refractivity contribution in [1.82, 2.24) is 45.8 Å². The monoisotopic (exact) mass is 946 g/mol. The van der Waals surface area contributed by atoms with Gasteiger partial charge in [-0.3, -0.25) is 33.7 Å². The second-order valence-corrected chi connectivity index (χ2v) is 18.1. The molecule has 0 bridgehead atoms. The molecule has 2 rings (SSSR count). The highest BCUT2D eigenvalue weighted by molar-refractivity contribution is 5.88. The van der Waals surface area contributed by atoms with Crippen molar-refractivity contribution in [2.45, 2.75) is 109 Å². The highest BCUT2D eigenvalue weighted by atomic mass is 16.5. The zero-order valence-electron chi connectivity index (χ0n) is 41.2. The molecule has 1 fully saturated rings. The normalized spacial score (nSPS) is 15.6. The van der Waals surface area contributed by atoms with E-state index in [4.69, 9.17) is 9.84 Å². The molecule has 1 saturated heterocycles. The summed E-state index contributed by atoms with van der Waals surface area (Å²) in [6.07, 6.45) is 7.08. The summed E-state index contributed by atoms with van der Waals surface area (Å²) in [5, 5.41) is 29.4. The van der Waals surface area contributed by atoms with Crippen LogP contribution in [-0.4, -0.2) is 208 Å². The van der Waals surface area contributed by atoms with E-state index in [1.807, 2.05) is 0 Å². The van der Waals surface area contributed by atoms with Crippen LogP contribution in [0.1, 0.15) is 95.1 Å². The van der Waals surface area contributed by atoms with Crippen LogP contribution in [0.3, 0.4) is 0 Å². The number of nitrogens with one attached hydrogen (secondary N) is 4.